The Morgan fingerprint density at radius 2 is 1.97 bits per heavy atom. The summed E-state index contributed by atoms with van der Waals surface area (Å²) in [6.07, 6.45) is 3.69. The quantitative estimate of drug-likeness (QED) is 0.377. The fraction of sp³-hybridized carbons (Fsp3) is 0.167. The van der Waals surface area contributed by atoms with E-state index in [0.717, 1.165) is 34.4 Å². The molecule has 34 heavy (non-hydrogen) atoms. The first-order chi connectivity index (χ1) is 16.5. The Bertz CT molecular complexity index is 1460. The molecule has 1 aromatic carbocycles. The van der Waals surface area contributed by atoms with Crippen molar-refractivity contribution in [3.8, 4) is 22.6 Å². The van der Waals surface area contributed by atoms with Gasteiger partial charge in [0.15, 0.2) is 13.6 Å². The van der Waals surface area contributed by atoms with Crippen LogP contribution in [0.25, 0.3) is 28.3 Å². The lowest BCUT2D eigenvalue weighted by molar-refractivity contribution is 0.437. The van der Waals surface area contributed by atoms with Crippen molar-refractivity contribution in [2.45, 2.75) is 19.9 Å². The largest absolute Gasteiger partial charge is 0.347 e. The zero-order chi connectivity index (χ0) is 23.7. The standard InChI is InChI=1S/C24H20BF2N7/c1-15-3-2-4-20(30-15)24-23(17-6-8-22-28-14-29-34(22)12-17)31-21(32-24)13-33(25)10-9-16-5-7-18(26)11-19(16)27/h2-8,11-12,14H,9-10,13H2,1H3,(H,31,32). The minimum absolute atomic E-state index is 0.299. The maximum absolute atomic E-state index is 13.9. The number of benzene rings is 1. The Hall–Kier alpha value is -3.92. The SMILES string of the molecule is [B]N(CCc1ccc(F)cc1F)Cc1nc(-c2ccc3ncnn3c2)c(-c2cccc(C)n2)[nH]1. The van der Waals surface area contributed by atoms with Crippen LogP contribution in [-0.2, 0) is 13.0 Å². The molecule has 2 radical (unpaired) electrons. The number of rotatable bonds is 7. The van der Waals surface area contributed by atoms with E-state index < -0.39 is 11.6 Å². The zero-order valence-electron chi connectivity index (χ0n) is 18.4. The number of nitrogens with one attached hydrogen (secondary N) is 1. The van der Waals surface area contributed by atoms with Crippen LogP contribution in [0.3, 0.4) is 0 Å². The maximum atomic E-state index is 13.9. The number of H-pyrrole nitrogens is 1. The van der Waals surface area contributed by atoms with Gasteiger partial charge in [0.05, 0.1) is 17.1 Å². The topological polar surface area (TPSA) is 75.0 Å². The predicted molar refractivity (Wildman–Crippen MR) is 125 cm³/mol. The third-order valence-corrected chi connectivity index (χ3v) is 5.48. The molecule has 0 bridgehead atoms. The molecule has 5 aromatic rings. The minimum Gasteiger partial charge on any atom is -0.347 e. The summed E-state index contributed by atoms with van der Waals surface area (Å²) in [6.45, 7) is 2.59. The molecule has 0 fully saturated rings. The van der Waals surface area contributed by atoms with Crippen molar-refractivity contribution in [1.82, 2.24) is 34.4 Å². The molecule has 0 atom stereocenters. The van der Waals surface area contributed by atoms with Crippen LogP contribution in [0, 0.1) is 18.6 Å². The number of fused-ring (bicyclic) bond motifs is 1. The van der Waals surface area contributed by atoms with Gasteiger partial charge in [-0.2, -0.15) is 5.10 Å². The number of hydrogen-bond acceptors (Lipinski definition) is 5. The van der Waals surface area contributed by atoms with Crippen LogP contribution in [0.4, 0.5) is 8.78 Å². The van der Waals surface area contributed by atoms with E-state index in [4.69, 9.17) is 13.0 Å². The Balaban J connectivity index is 1.42. The average Bonchev–Trinajstić information content (AvgIpc) is 3.45. The molecule has 1 N–H and O–H groups in total. The fourth-order valence-electron chi connectivity index (χ4n) is 3.79. The average molecular weight is 455 g/mol. The molecule has 0 amide bonds. The van der Waals surface area contributed by atoms with Gasteiger partial charge in [-0.05, 0) is 55.8 Å². The molecule has 0 unspecified atom stereocenters. The molecule has 168 valence electrons. The highest BCUT2D eigenvalue weighted by Crippen LogP contribution is 2.29. The highest BCUT2D eigenvalue weighted by atomic mass is 19.1. The second-order valence-electron chi connectivity index (χ2n) is 8.01. The number of aromatic nitrogens is 6. The second-order valence-corrected chi connectivity index (χ2v) is 8.01. The normalized spacial score (nSPS) is 11.5. The molecule has 0 aliphatic carbocycles. The van der Waals surface area contributed by atoms with Crippen molar-refractivity contribution in [2.75, 3.05) is 6.54 Å². The summed E-state index contributed by atoms with van der Waals surface area (Å²) < 4.78 is 28.8. The van der Waals surface area contributed by atoms with Crippen molar-refractivity contribution in [2.24, 2.45) is 0 Å². The zero-order valence-corrected chi connectivity index (χ0v) is 18.4. The van der Waals surface area contributed by atoms with Crippen molar-refractivity contribution in [3.05, 3.63) is 89.8 Å². The number of imidazole rings is 1. The van der Waals surface area contributed by atoms with Crippen LogP contribution in [0.2, 0.25) is 0 Å². The second kappa shape index (κ2) is 9.15. The third kappa shape index (κ3) is 4.58. The maximum Gasteiger partial charge on any atom is 0.183 e. The molecule has 0 saturated heterocycles. The van der Waals surface area contributed by atoms with Gasteiger partial charge in [0.25, 0.3) is 0 Å². The number of halogens is 2. The lowest BCUT2D eigenvalue weighted by atomic mass is 10.1. The molecular weight excluding hydrogens is 435 g/mol. The Labute approximate surface area is 196 Å². The molecule has 0 aliphatic rings. The third-order valence-electron chi connectivity index (χ3n) is 5.48. The van der Waals surface area contributed by atoms with Gasteiger partial charge >= 0.3 is 0 Å². The summed E-state index contributed by atoms with van der Waals surface area (Å²) in [5.74, 6) is -0.547. The summed E-state index contributed by atoms with van der Waals surface area (Å²) in [4.78, 5) is 18.5. The van der Waals surface area contributed by atoms with Gasteiger partial charge < -0.3 is 9.79 Å². The lowest BCUT2D eigenvalue weighted by Crippen LogP contribution is -2.23. The number of hydrogen-bond donors (Lipinski definition) is 1. The van der Waals surface area contributed by atoms with Crippen LogP contribution in [0.1, 0.15) is 17.1 Å². The molecule has 7 nitrogen and oxygen atoms in total. The molecule has 10 heteroatoms. The monoisotopic (exact) mass is 455 g/mol. The van der Waals surface area contributed by atoms with Gasteiger partial charge in [-0.25, -0.2) is 23.3 Å². The van der Waals surface area contributed by atoms with Crippen LogP contribution < -0.4 is 0 Å². The van der Waals surface area contributed by atoms with Crippen molar-refractivity contribution in [1.29, 1.82) is 0 Å². The summed E-state index contributed by atoms with van der Waals surface area (Å²) in [6, 6.07) is 13.1. The van der Waals surface area contributed by atoms with Gasteiger partial charge in [-0.3, -0.25) is 4.98 Å². The number of nitrogens with zero attached hydrogens (tertiary/aromatic N) is 6. The first-order valence-corrected chi connectivity index (χ1v) is 10.7. The molecule has 0 saturated carbocycles. The van der Waals surface area contributed by atoms with Gasteiger partial charge in [0.1, 0.15) is 23.8 Å². The number of aromatic amines is 1. The van der Waals surface area contributed by atoms with Crippen LogP contribution in [0.15, 0.2) is 61.1 Å². The van der Waals surface area contributed by atoms with Crippen molar-refractivity contribution in [3.63, 3.8) is 0 Å². The molecule has 0 spiro atoms. The molecule has 4 aromatic heterocycles. The van der Waals surface area contributed by atoms with Crippen LogP contribution >= 0.6 is 0 Å². The van der Waals surface area contributed by atoms with Gasteiger partial charge in [0, 0.05) is 30.1 Å². The van der Waals surface area contributed by atoms with Gasteiger partial charge in [-0.1, -0.05) is 12.1 Å². The van der Waals surface area contributed by atoms with E-state index >= 15 is 0 Å². The van der Waals surface area contributed by atoms with Gasteiger partial charge in [0.2, 0.25) is 0 Å². The van der Waals surface area contributed by atoms with Crippen molar-refractivity contribution >= 4 is 13.6 Å². The smallest absolute Gasteiger partial charge is 0.183 e. The summed E-state index contributed by atoms with van der Waals surface area (Å²) in [5, 5.41) is 4.21. The Morgan fingerprint density at radius 3 is 2.79 bits per heavy atom. The number of aryl methyl sites for hydroxylation is 1. The first-order valence-electron chi connectivity index (χ1n) is 10.7. The highest BCUT2D eigenvalue weighted by Gasteiger charge is 2.17. The first kappa shape index (κ1) is 21.9. The fourth-order valence-corrected chi connectivity index (χ4v) is 3.79. The molecule has 4 heterocycles. The van der Waals surface area contributed by atoms with E-state index in [1.54, 1.807) is 9.33 Å². The molecular formula is C24H20BF2N7. The van der Waals surface area contributed by atoms with E-state index in [-0.39, 0.29) is 0 Å². The Kier molecular flexibility index (Phi) is 5.89. The summed E-state index contributed by atoms with van der Waals surface area (Å²) in [7, 11) is 6.19. The predicted octanol–water partition coefficient (Wildman–Crippen LogP) is 3.90. The minimum atomic E-state index is -0.602. The van der Waals surface area contributed by atoms with Crippen LogP contribution in [-0.4, -0.2) is 48.9 Å². The summed E-state index contributed by atoms with van der Waals surface area (Å²) in [5.41, 5.74) is 5.09. The van der Waals surface area contributed by atoms with Crippen LogP contribution in [0.5, 0.6) is 0 Å². The highest BCUT2D eigenvalue weighted by molar-refractivity contribution is 6.04. The van der Waals surface area contributed by atoms with E-state index in [0.29, 0.717) is 36.6 Å². The number of pyridine rings is 2. The summed E-state index contributed by atoms with van der Waals surface area (Å²) >= 11 is 0. The molecule has 0 aliphatic heterocycles. The van der Waals surface area contributed by atoms with E-state index in [9.17, 15) is 8.78 Å². The Morgan fingerprint density at radius 1 is 1.09 bits per heavy atom. The van der Waals surface area contributed by atoms with E-state index in [2.05, 4.69) is 20.1 Å². The lowest BCUT2D eigenvalue weighted by Gasteiger charge is -2.16. The van der Waals surface area contributed by atoms with Crippen molar-refractivity contribution < 1.29 is 8.78 Å². The van der Waals surface area contributed by atoms with E-state index in [1.165, 1.54) is 18.5 Å². The van der Waals surface area contributed by atoms with E-state index in [1.807, 2.05) is 43.5 Å². The molecule has 5 rings (SSSR count). The van der Waals surface area contributed by atoms with Gasteiger partial charge in [-0.15, -0.1) is 0 Å².